The van der Waals surface area contributed by atoms with Crippen molar-refractivity contribution in [2.45, 2.75) is 49.8 Å². The van der Waals surface area contributed by atoms with Gasteiger partial charge in [0.1, 0.15) is 6.04 Å². The van der Waals surface area contributed by atoms with Crippen molar-refractivity contribution < 1.29 is 31.2 Å². The first-order chi connectivity index (χ1) is 12.9. The number of hydrogen-bond donors (Lipinski definition) is 0. The fourth-order valence-electron chi connectivity index (χ4n) is 4.24. The first-order valence-corrected chi connectivity index (χ1v) is 10.3. The van der Waals surface area contributed by atoms with Gasteiger partial charge in [-0.05, 0) is 38.5 Å². The van der Waals surface area contributed by atoms with Gasteiger partial charge >= 0.3 is 12.2 Å². The smallest absolute Gasteiger partial charge is 0.306 e. The zero-order valence-corrected chi connectivity index (χ0v) is 15.9. The lowest BCUT2D eigenvalue weighted by molar-refractivity contribution is -0.137. The molecule has 0 spiro atoms. The summed E-state index contributed by atoms with van der Waals surface area (Å²) in [5.41, 5.74) is -1.14. The summed E-state index contributed by atoms with van der Waals surface area (Å²) in [5, 5.41) is -0.674. The molecular formula is C17H18F3N3O4S. The molecule has 3 amide bonds. The number of anilines is 1. The topological polar surface area (TPSA) is 78.0 Å². The monoisotopic (exact) mass is 417 g/mol. The first kappa shape index (κ1) is 19.2. The van der Waals surface area contributed by atoms with Crippen molar-refractivity contribution in [1.29, 1.82) is 0 Å². The molecule has 2 bridgehead atoms. The lowest BCUT2D eigenvalue weighted by Crippen LogP contribution is -2.55. The maximum Gasteiger partial charge on any atom is 0.416 e. The molecule has 3 fully saturated rings. The third-order valence-corrected chi connectivity index (χ3v) is 7.84. The zero-order chi connectivity index (χ0) is 20.6. The van der Waals surface area contributed by atoms with Gasteiger partial charge in [-0.25, -0.2) is 18.1 Å². The summed E-state index contributed by atoms with van der Waals surface area (Å²) in [5.74, 6) is -0.694. The summed E-state index contributed by atoms with van der Waals surface area (Å²) in [6, 6.07) is 1.14. The van der Waals surface area contributed by atoms with Crippen molar-refractivity contribution in [3.8, 4) is 0 Å². The molecular weight excluding hydrogens is 399 g/mol. The van der Waals surface area contributed by atoms with E-state index >= 15 is 0 Å². The van der Waals surface area contributed by atoms with E-state index in [0.717, 1.165) is 23.1 Å². The summed E-state index contributed by atoms with van der Waals surface area (Å²) in [7, 11) is -3.62. The van der Waals surface area contributed by atoms with Crippen LogP contribution in [0.1, 0.15) is 25.8 Å². The zero-order valence-electron chi connectivity index (χ0n) is 15.0. The summed E-state index contributed by atoms with van der Waals surface area (Å²) in [6.07, 6.45) is -4.26. The number of urea groups is 1. The normalized spacial score (nSPS) is 28.0. The van der Waals surface area contributed by atoms with Gasteiger partial charge in [0, 0.05) is 12.6 Å². The van der Waals surface area contributed by atoms with Crippen LogP contribution >= 0.6 is 0 Å². The molecule has 0 saturated carbocycles. The van der Waals surface area contributed by atoms with E-state index < -0.39 is 57.1 Å². The van der Waals surface area contributed by atoms with Crippen LogP contribution in [0.5, 0.6) is 0 Å². The summed E-state index contributed by atoms with van der Waals surface area (Å²) < 4.78 is 65.4. The Hall–Kier alpha value is -2.14. The molecule has 3 saturated heterocycles. The highest BCUT2D eigenvalue weighted by Gasteiger charge is 2.64. The number of carbonyl (C=O) groups excluding carboxylic acids is 2. The predicted molar refractivity (Wildman–Crippen MR) is 92.9 cm³/mol. The van der Waals surface area contributed by atoms with E-state index in [1.807, 2.05) is 0 Å². The number of sulfonamides is 1. The third-order valence-electron chi connectivity index (χ3n) is 5.57. The van der Waals surface area contributed by atoms with Crippen LogP contribution in [-0.4, -0.2) is 59.5 Å². The molecule has 3 atom stereocenters. The molecule has 152 valence electrons. The van der Waals surface area contributed by atoms with E-state index in [9.17, 15) is 31.2 Å². The minimum absolute atomic E-state index is 0.0944. The predicted octanol–water partition coefficient (Wildman–Crippen LogP) is 2.04. The maximum absolute atomic E-state index is 13.0. The Morgan fingerprint density at radius 1 is 1.18 bits per heavy atom. The number of hydrogen-bond acceptors (Lipinski definition) is 4. The molecule has 11 heteroatoms. The lowest BCUT2D eigenvalue weighted by Gasteiger charge is -2.34. The Kier molecular flexibility index (Phi) is 4.06. The molecule has 0 aromatic heterocycles. The van der Waals surface area contributed by atoms with Gasteiger partial charge in [-0.1, -0.05) is 6.07 Å². The van der Waals surface area contributed by atoms with Gasteiger partial charge in [0.25, 0.3) is 5.91 Å². The van der Waals surface area contributed by atoms with Gasteiger partial charge in [0.15, 0.2) is 0 Å². The van der Waals surface area contributed by atoms with E-state index in [4.69, 9.17) is 0 Å². The molecule has 1 unspecified atom stereocenters. The number of amides is 3. The number of piperazine rings is 1. The van der Waals surface area contributed by atoms with E-state index in [-0.39, 0.29) is 12.2 Å². The molecule has 1 aromatic carbocycles. The Morgan fingerprint density at radius 3 is 2.46 bits per heavy atom. The van der Waals surface area contributed by atoms with Gasteiger partial charge in [0.05, 0.1) is 22.5 Å². The number of rotatable bonds is 3. The first-order valence-electron chi connectivity index (χ1n) is 8.78. The molecule has 0 radical (unpaired) electrons. The largest absolute Gasteiger partial charge is 0.416 e. The Labute approximate surface area is 159 Å². The molecule has 0 N–H and O–H groups in total. The second kappa shape index (κ2) is 5.93. The number of carbonyl (C=O) groups is 2. The molecule has 0 aliphatic carbocycles. The van der Waals surface area contributed by atoms with Gasteiger partial charge < -0.3 is 4.90 Å². The second-order valence-corrected chi connectivity index (χ2v) is 9.92. The van der Waals surface area contributed by atoms with Crippen LogP contribution < -0.4 is 4.90 Å². The highest BCUT2D eigenvalue weighted by Crippen LogP contribution is 2.44. The Balaban J connectivity index is 1.69. The van der Waals surface area contributed by atoms with Crippen LogP contribution in [0.2, 0.25) is 0 Å². The van der Waals surface area contributed by atoms with Crippen LogP contribution in [-0.2, 0) is 21.0 Å². The van der Waals surface area contributed by atoms with Crippen LogP contribution in [0.15, 0.2) is 24.3 Å². The van der Waals surface area contributed by atoms with Gasteiger partial charge in [-0.3, -0.25) is 4.79 Å². The van der Waals surface area contributed by atoms with E-state index in [2.05, 4.69) is 0 Å². The third kappa shape index (κ3) is 2.55. The standard InChI is InChI=1S/C17H18F3N3O4S/c1-9(2)28(26,27)21-8-12-7-13(21)14-15(24)23(16(25)22(12)14)11-5-3-4-10(6-11)17(18,19)20/h3-6,9,12-14H,7-8H2,1-2H3/t12-,13-,14?/m0/s1. The summed E-state index contributed by atoms with van der Waals surface area (Å²) in [6.45, 7) is 3.17. The maximum atomic E-state index is 13.0. The van der Waals surface area contributed by atoms with Crippen LogP contribution in [0.25, 0.3) is 0 Å². The Morgan fingerprint density at radius 2 is 1.86 bits per heavy atom. The highest BCUT2D eigenvalue weighted by molar-refractivity contribution is 7.89. The quantitative estimate of drug-likeness (QED) is 0.706. The second-order valence-electron chi connectivity index (χ2n) is 7.48. The van der Waals surface area contributed by atoms with Crippen molar-refractivity contribution >= 4 is 27.6 Å². The minimum Gasteiger partial charge on any atom is -0.306 e. The van der Waals surface area contributed by atoms with Crippen LogP contribution in [0, 0.1) is 0 Å². The molecule has 3 aliphatic heterocycles. The molecule has 1 aromatic rings. The van der Waals surface area contributed by atoms with Crippen molar-refractivity contribution in [1.82, 2.24) is 9.21 Å². The van der Waals surface area contributed by atoms with Crippen LogP contribution in [0.4, 0.5) is 23.7 Å². The summed E-state index contributed by atoms with van der Waals surface area (Å²) >= 11 is 0. The highest BCUT2D eigenvalue weighted by atomic mass is 32.2. The molecule has 28 heavy (non-hydrogen) atoms. The van der Waals surface area contributed by atoms with Crippen LogP contribution in [0.3, 0.4) is 0 Å². The van der Waals surface area contributed by atoms with Gasteiger partial charge in [-0.15, -0.1) is 0 Å². The average molecular weight is 417 g/mol. The van der Waals surface area contributed by atoms with E-state index in [1.54, 1.807) is 0 Å². The molecule has 4 rings (SSSR count). The van der Waals surface area contributed by atoms with Gasteiger partial charge in [-0.2, -0.15) is 17.5 Å². The fourth-order valence-corrected chi connectivity index (χ4v) is 5.74. The fraction of sp³-hybridized carbons (Fsp3) is 0.529. The number of halogens is 3. The molecule has 3 heterocycles. The Bertz CT molecular complexity index is 963. The molecule has 3 aliphatic rings. The van der Waals surface area contributed by atoms with E-state index in [0.29, 0.717) is 6.42 Å². The average Bonchev–Trinajstić information content (AvgIpc) is 3.26. The van der Waals surface area contributed by atoms with E-state index in [1.165, 1.54) is 29.1 Å². The summed E-state index contributed by atoms with van der Waals surface area (Å²) in [4.78, 5) is 27.8. The number of nitrogens with zero attached hydrogens (tertiary/aromatic N) is 3. The number of alkyl halides is 3. The number of fused-ring (bicyclic) bond motifs is 5. The molecule has 7 nitrogen and oxygen atoms in total. The SMILES string of the molecule is CC(C)S(=O)(=O)N1C[C@@H]2C[C@H]1C1C(=O)N(c3cccc(C(F)(F)F)c3)C(=O)N12. The minimum atomic E-state index is -4.61. The number of benzene rings is 1. The van der Waals surface area contributed by atoms with Crippen molar-refractivity contribution in [2.24, 2.45) is 0 Å². The van der Waals surface area contributed by atoms with Gasteiger partial charge in [0.2, 0.25) is 10.0 Å². The van der Waals surface area contributed by atoms with Crippen molar-refractivity contribution in [3.63, 3.8) is 0 Å². The van der Waals surface area contributed by atoms with Crippen molar-refractivity contribution in [3.05, 3.63) is 29.8 Å². The lowest BCUT2D eigenvalue weighted by atomic mass is 10.1. The number of imide groups is 1. The van der Waals surface area contributed by atoms with Crippen molar-refractivity contribution in [2.75, 3.05) is 11.4 Å².